The number of ether oxygens (including phenoxy) is 1. The molecule has 0 heterocycles. The van der Waals surface area contributed by atoms with Crippen molar-refractivity contribution in [3.05, 3.63) is 28.2 Å². The number of carbonyl (C=O) groups is 1. The van der Waals surface area contributed by atoms with Gasteiger partial charge in [0.25, 0.3) is 0 Å². The van der Waals surface area contributed by atoms with Gasteiger partial charge >= 0.3 is 5.97 Å². The van der Waals surface area contributed by atoms with E-state index in [0.29, 0.717) is 6.61 Å². The summed E-state index contributed by atoms with van der Waals surface area (Å²) in [7, 11) is 0. The first-order valence-corrected chi connectivity index (χ1v) is 8.10. The number of hydrogen-bond acceptors (Lipinski definition) is 3. The van der Waals surface area contributed by atoms with E-state index in [2.05, 4.69) is 28.9 Å². The van der Waals surface area contributed by atoms with Gasteiger partial charge in [0.2, 0.25) is 0 Å². The molecule has 1 aromatic rings. The minimum atomic E-state index is -0.561. The monoisotopic (exact) mass is 344 g/mol. The van der Waals surface area contributed by atoms with Crippen LogP contribution in [0.3, 0.4) is 0 Å². The Morgan fingerprint density at radius 3 is 2.68 bits per heavy atom. The van der Waals surface area contributed by atoms with Crippen molar-refractivity contribution in [3.63, 3.8) is 0 Å². The molecule has 4 heteroatoms. The largest absolute Gasteiger partial charge is 0.465 e. The summed E-state index contributed by atoms with van der Waals surface area (Å²) in [4.78, 5) is 13.1. The summed E-state index contributed by atoms with van der Waals surface area (Å²) in [6, 6.07) is 6.11. The van der Waals surface area contributed by atoms with E-state index in [1.807, 2.05) is 32.9 Å². The summed E-state index contributed by atoms with van der Waals surface area (Å²) in [6.07, 6.45) is 1.95. The second kappa shape index (κ2) is 7.34. The standard InChI is InChI=1S/C15H21BrO2S/c1-5-6-9-18-14(17)15(3,4)19-12-7-8-13(16)11(2)10-12/h7-8,10H,5-6,9H2,1-4H3. The van der Waals surface area contributed by atoms with Crippen LogP contribution in [0.25, 0.3) is 0 Å². The fourth-order valence-electron chi connectivity index (χ4n) is 1.50. The van der Waals surface area contributed by atoms with E-state index in [-0.39, 0.29) is 5.97 Å². The lowest BCUT2D eigenvalue weighted by Gasteiger charge is -2.22. The molecule has 0 aliphatic rings. The average Bonchev–Trinajstić information content (AvgIpc) is 2.33. The van der Waals surface area contributed by atoms with E-state index < -0.39 is 4.75 Å². The second-order valence-electron chi connectivity index (χ2n) is 5.01. The molecule has 0 saturated heterocycles. The van der Waals surface area contributed by atoms with Gasteiger partial charge in [-0.15, -0.1) is 11.8 Å². The number of hydrogen-bond donors (Lipinski definition) is 0. The van der Waals surface area contributed by atoms with E-state index in [4.69, 9.17) is 4.74 Å². The zero-order valence-electron chi connectivity index (χ0n) is 12.0. The fraction of sp³-hybridized carbons (Fsp3) is 0.533. The van der Waals surface area contributed by atoms with Crippen LogP contribution in [0.1, 0.15) is 39.2 Å². The molecule has 106 valence electrons. The highest BCUT2D eigenvalue weighted by molar-refractivity contribution is 9.10. The topological polar surface area (TPSA) is 26.3 Å². The van der Waals surface area contributed by atoms with Gasteiger partial charge in [0.1, 0.15) is 4.75 Å². The zero-order valence-corrected chi connectivity index (χ0v) is 14.4. The van der Waals surface area contributed by atoms with Gasteiger partial charge in [-0.2, -0.15) is 0 Å². The minimum absolute atomic E-state index is 0.147. The van der Waals surface area contributed by atoms with Crippen molar-refractivity contribution >= 4 is 33.7 Å². The van der Waals surface area contributed by atoms with Crippen LogP contribution in [-0.2, 0) is 9.53 Å². The van der Waals surface area contributed by atoms with Crippen molar-refractivity contribution < 1.29 is 9.53 Å². The molecule has 0 aliphatic heterocycles. The molecule has 0 bridgehead atoms. The molecule has 0 aromatic heterocycles. The highest BCUT2D eigenvalue weighted by Gasteiger charge is 2.30. The van der Waals surface area contributed by atoms with Gasteiger partial charge in [0.05, 0.1) is 6.61 Å². The minimum Gasteiger partial charge on any atom is -0.465 e. The second-order valence-corrected chi connectivity index (χ2v) is 7.56. The van der Waals surface area contributed by atoms with Crippen molar-refractivity contribution in [1.29, 1.82) is 0 Å². The summed E-state index contributed by atoms with van der Waals surface area (Å²) >= 11 is 5.02. The Bertz CT molecular complexity index is 444. The van der Waals surface area contributed by atoms with Crippen LogP contribution in [0.5, 0.6) is 0 Å². The molecule has 1 aromatic carbocycles. The molecule has 0 N–H and O–H groups in total. The Morgan fingerprint density at radius 1 is 1.42 bits per heavy atom. The van der Waals surface area contributed by atoms with Gasteiger partial charge in [-0.1, -0.05) is 29.3 Å². The highest BCUT2D eigenvalue weighted by atomic mass is 79.9. The molecule has 19 heavy (non-hydrogen) atoms. The highest BCUT2D eigenvalue weighted by Crippen LogP contribution is 2.35. The molecular weight excluding hydrogens is 324 g/mol. The first-order valence-electron chi connectivity index (χ1n) is 6.49. The van der Waals surface area contributed by atoms with Crippen molar-refractivity contribution in [1.82, 2.24) is 0 Å². The van der Waals surface area contributed by atoms with Crippen LogP contribution in [0, 0.1) is 6.92 Å². The van der Waals surface area contributed by atoms with Crippen molar-refractivity contribution in [3.8, 4) is 0 Å². The number of esters is 1. The molecule has 0 atom stereocenters. The predicted molar refractivity (Wildman–Crippen MR) is 84.7 cm³/mol. The van der Waals surface area contributed by atoms with Gasteiger partial charge in [0.15, 0.2) is 0 Å². The summed E-state index contributed by atoms with van der Waals surface area (Å²) in [5.41, 5.74) is 1.17. The molecular formula is C15H21BrO2S. The number of rotatable bonds is 6. The summed E-state index contributed by atoms with van der Waals surface area (Å²) in [5.74, 6) is -0.147. The number of halogens is 1. The number of unbranched alkanes of at least 4 members (excludes halogenated alkanes) is 1. The van der Waals surface area contributed by atoms with Crippen molar-refractivity contribution in [2.45, 2.75) is 50.2 Å². The Labute approximate surface area is 128 Å². The average molecular weight is 345 g/mol. The number of aryl methyl sites for hydroxylation is 1. The van der Waals surface area contributed by atoms with Gasteiger partial charge in [-0.3, -0.25) is 4.79 Å². The van der Waals surface area contributed by atoms with E-state index in [1.54, 1.807) is 0 Å². The van der Waals surface area contributed by atoms with E-state index in [1.165, 1.54) is 17.3 Å². The maximum absolute atomic E-state index is 12.0. The molecule has 0 fully saturated rings. The molecule has 1 rings (SSSR count). The lowest BCUT2D eigenvalue weighted by atomic mass is 10.2. The molecule has 0 saturated carbocycles. The van der Waals surface area contributed by atoms with Gasteiger partial charge in [0, 0.05) is 9.37 Å². The molecule has 2 nitrogen and oxygen atoms in total. The predicted octanol–water partition coefficient (Wildman–Crippen LogP) is 4.97. The van der Waals surface area contributed by atoms with Gasteiger partial charge < -0.3 is 4.74 Å². The number of thioether (sulfide) groups is 1. The third-order valence-electron chi connectivity index (χ3n) is 2.73. The first-order chi connectivity index (χ1) is 8.86. The van der Waals surface area contributed by atoms with Crippen LogP contribution in [0.15, 0.2) is 27.6 Å². The van der Waals surface area contributed by atoms with Gasteiger partial charge in [-0.05, 0) is 51.0 Å². The first kappa shape index (κ1) is 16.6. The lowest BCUT2D eigenvalue weighted by molar-refractivity contribution is -0.145. The summed E-state index contributed by atoms with van der Waals surface area (Å²) in [5, 5.41) is 0. The third kappa shape index (κ3) is 5.19. The normalized spacial score (nSPS) is 11.4. The number of benzene rings is 1. The molecule has 0 unspecified atom stereocenters. The molecule has 0 spiro atoms. The SMILES string of the molecule is CCCCOC(=O)C(C)(C)Sc1ccc(Br)c(C)c1. The Hall–Kier alpha value is -0.480. The molecule has 0 aliphatic carbocycles. The fourth-order valence-corrected chi connectivity index (χ4v) is 2.85. The molecule has 0 radical (unpaired) electrons. The maximum atomic E-state index is 12.0. The summed E-state index contributed by atoms with van der Waals surface area (Å²) in [6.45, 7) is 8.45. The Balaban J connectivity index is 2.67. The Morgan fingerprint density at radius 2 is 2.11 bits per heavy atom. The van der Waals surface area contributed by atoms with E-state index in [9.17, 15) is 4.79 Å². The summed E-state index contributed by atoms with van der Waals surface area (Å²) < 4.78 is 5.83. The zero-order chi connectivity index (χ0) is 14.5. The number of carbonyl (C=O) groups excluding carboxylic acids is 1. The van der Waals surface area contributed by atoms with Crippen LogP contribution < -0.4 is 0 Å². The van der Waals surface area contributed by atoms with E-state index in [0.717, 1.165) is 22.2 Å². The van der Waals surface area contributed by atoms with Crippen molar-refractivity contribution in [2.24, 2.45) is 0 Å². The van der Waals surface area contributed by atoms with Gasteiger partial charge in [-0.25, -0.2) is 0 Å². The van der Waals surface area contributed by atoms with E-state index >= 15 is 0 Å². The van der Waals surface area contributed by atoms with Crippen LogP contribution in [0.4, 0.5) is 0 Å². The maximum Gasteiger partial charge on any atom is 0.321 e. The van der Waals surface area contributed by atoms with Crippen molar-refractivity contribution in [2.75, 3.05) is 6.61 Å². The Kier molecular flexibility index (Phi) is 6.40. The van der Waals surface area contributed by atoms with Crippen LogP contribution in [-0.4, -0.2) is 17.3 Å². The quantitative estimate of drug-likeness (QED) is 0.414. The molecule has 0 amide bonds. The van der Waals surface area contributed by atoms with Crippen LogP contribution >= 0.6 is 27.7 Å². The van der Waals surface area contributed by atoms with Crippen LogP contribution in [0.2, 0.25) is 0 Å². The third-order valence-corrected chi connectivity index (χ3v) is 4.78. The lowest BCUT2D eigenvalue weighted by Crippen LogP contribution is -2.30. The smallest absolute Gasteiger partial charge is 0.321 e.